The number of aryl methyl sites for hydroxylation is 1. The summed E-state index contributed by atoms with van der Waals surface area (Å²) in [6.45, 7) is 1.78. The van der Waals surface area contributed by atoms with Crippen LogP contribution >= 0.6 is 23.2 Å². The highest BCUT2D eigenvalue weighted by Crippen LogP contribution is 2.33. The number of sulfonamides is 1. The van der Waals surface area contributed by atoms with Gasteiger partial charge in [-0.2, -0.15) is 4.31 Å². The minimum Gasteiger partial charge on any atom is -0.368 e. The van der Waals surface area contributed by atoms with Crippen molar-refractivity contribution in [2.24, 2.45) is 0 Å². The van der Waals surface area contributed by atoms with Gasteiger partial charge in [0.25, 0.3) is 0 Å². The number of amides is 1. The zero-order valence-electron chi connectivity index (χ0n) is 15.0. The molecule has 2 aromatic carbocycles. The summed E-state index contributed by atoms with van der Waals surface area (Å²) in [7, 11) is -3.60. The summed E-state index contributed by atoms with van der Waals surface area (Å²) in [6, 6.07) is 10.3. The van der Waals surface area contributed by atoms with Gasteiger partial charge in [-0.05, 0) is 42.3 Å². The predicted molar refractivity (Wildman–Crippen MR) is 111 cm³/mol. The summed E-state index contributed by atoms with van der Waals surface area (Å²) in [4.78, 5) is 13.8. The monoisotopic (exact) mass is 439 g/mol. The van der Waals surface area contributed by atoms with Gasteiger partial charge >= 0.3 is 0 Å². The molecular weight excluding hydrogens is 421 g/mol. The second-order valence-corrected chi connectivity index (χ2v) is 9.55. The Kier molecular flexibility index (Phi) is 5.26. The molecule has 0 saturated carbocycles. The highest BCUT2D eigenvalue weighted by atomic mass is 35.5. The van der Waals surface area contributed by atoms with Gasteiger partial charge in [-0.25, -0.2) is 8.42 Å². The molecule has 148 valence electrons. The van der Waals surface area contributed by atoms with E-state index in [0.717, 1.165) is 11.3 Å². The number of nitrogens with zero attached hydrogens (tertiary/aromatic N) is 2. The molecule has 2 aromatic rings. The minimum absolute atomic E-state index is 0.0427. The number of carbonyl (C=O) groups is 1. The standard InChI is InChI=1S/C19H19Cl2N3O3S/c20-15-2-1-3-17(19(15)21)23-8-10-24(11-9-23)28(26,27)14-5-6-16-13(12-14)4-7-18(25)22-16/h1-3,5-6,12H,4,7-11H2,(H,22,25). The largest absolute Gasteiger partial charge is 0.368 e. The van der Waals surface area contributed by atoms with Crippen molar-refractivity contribution in [3.63, 3.8) is 0 Å². The third-order valence-corrected chi connectivity index (χ3v) is 7.82. The Balaban J connectivity index is 1.51. The maximum atomic E-state index is 13.1. The lowest BCUT2D eigenvalue weighted by molar-refractivity contribution is -0.116. The Hall–Kier alpha value is -1.80. The zero-order chi connectivity index (χ0) is 19.9. The maximum Gasteiger partial charge on any atom is 0.243 e. The Bertz CT molecular complexity index is 1030. The van der Waals surface area contributed by atoms with Crippen LogP contribution in [0.5, 0.6) is 0 Å². The summed E-state index contributed by atoms with van der Waals surface area (Å²) in [5.74, 6) is -0.0427. The highest BCUT2D eigenvalue weighted by molar-refractivity contribution is 7.89. The fourth-order valence-corrected chi connectivity index (χ4v) is 5.46. The molecule has 1 N–H and O–H groups in total. The Morgan fingerprint density at radius 1 is 0.964 bits per heavy atom. The lowest BCUT2D eigenvalue weighted by Gasteiger charge is -2.36. The molecule has 1 amide bonds. The van der Waals surface area contributed by atoms with Crippen molar-refractivity contribution in [2.45, 2.75) is 17.7 Å². The molecular formula is C19H19Cl2N3O3S. The van der Waals surface area contributed by atoms with Crippen LogP contribution in [-0.2, 0) is 21.2 Å². The number of fused-ring (bicyclic) bond motifs is 1. The van der Waals surface area contributed by atoms with Crippen LogP contribution in [0.1, 0.15) is 12.0 Å². The highest BCUT2D eigenvalue weighted by Gasteiger charge is 2.30. The summed E-state index contributed by atoms with van der Waals surface area (Å²) >= 11 is 12.4. The molecule has 0 atom stereocenters. The molecule has 0 aliphatic carbocycles. The molecule has 0 radical (unpaired) electrons. The van der Waals surface area contributed by atoms with Crippen LogP contribution in [0.3, 0.4) is 0 Å². The first-order valence-corrected chi connectivity index (χ1v) is 11.2. The van der Waals surface area contributed by atoms with E-state index in [1.54, 1.807) is 24.3 Å². The number of rotatable bonds is 3. The van der Waals surface area contributed by atoms with Crippen molar-refractivity contribution in [3.8, 4) is 0 Å². The molecule has 1 saturated heterocycles. The number of hydrogen-bond donors (Lipinski definition) is 1. The third kappa shape index (κ3) is 3.59. The van der Waals surface area contributed by atoms with Gasteiger partial charge < -0.3 is 10.2 Å². The first kappa shape index (κ1) is 19.5. The molecule has 2 aliphatic rings. The van der Waals surface area contributed by atoms with Gasteiger partial charge in [0.15, 0.2) is 0 Å². The number of piperazine rings is 1. The number of anilines is 2. The Labute approximate surface area is 174 Å². The quantitative estimate of drug-likeness (QED) is 0.795. The van der Waals surface area contributed by atoms with E-state index in [4.69, 9.17) is 23.2 Å². The van der Waals surface area contributed by atoms with Crippen molar-refractivity contribution in [1.82, 2.24) is 4.31 Å². The molecule has 0 bridgehead atoms. The van der Waals surface area contributed by atoms with Crippen LogP contribution in [-0.4, -0.2) is 44.8 Å². The summed E-state index contributed by atoms with van der Waals surface area (Å²) in [6.07, 6.45) is 0.918. The number of benzene rings is 2. The van der Waals surface area contributed by atoms with Gasteiger partial charge in [0.2, 0.25) is 15.9 Å². The van der Waals surface area contributed by atoms with Gasteiger partial charge in [-0.1, -0.05) is 29.3 Å². The SMILES string of the molecule is O=C1CCc2cc(S(=O)(=O)N3CCN(c4cccc(Cl)c4Cl)CC3)ccc2N1. The fourth-order valence-electron chi connectivity index (χ4n) is 3.58. The van der Waals surface area contributed by atoms with E-state index in [1.807, 2.05) is 17.0 Å². The van der Waals surface area contributed by atoms with Crippen LogP contribution < -0.4 is 10.2 Å². The van der Waals surface area contributed by atoms with E-state index in [-0.39, 0.29) is 10.8 Å². The smallest absolute Gasteiger partial charge is 0.243 e. The number of carbonyl (C=O) groups excluding carboxylic acids is 1. The normalized spacial score (nSPS) is 17.9. The van der Waals surface area contributed by atoms with Crippen molar-refractivity contribution in [1.29, 1.82) is 0 Å². The summed E-state index contributed by atoms with van der Waals surface area (Å²) in [5.41, 5.74) is 2.36. The zero-order valence-corrected chi connectivity index (χ0v) is 17.3. The first-order valence-electron chi connectivity index (χ1n) is 8.98. The topological polar surface area (TPSA) is 69.7 Å². The van der Waals surface area contributed by atoms with Gasteiger partial charge in [0, 0.05) is 38.3 Å². The molecule has 9 heteroatoms. The predicted octanol–water partition coefficient (Wildman–Crippen LogP) is 3.39. The van der Waals surface area contributed by atoms with Crippen LogP contribution in [0, 0.1) is 0 Å². The van der Waals surface area contributed by atoms with E-state index in [1.165, 1.54) is 4.31 Å². The summed E-state index contributed by atoms with van der Waals surface area (Å²) < 4.78 is 27.6. The molecule has 0 spiro atoms. The van der Waals surface area contributed by atoms with Crippen molar-refractivity contribution in [2.75, 3.05) is 36.4 Å². The van der Waals surface area contributed by atoms with Crippen molar-refractivity contribution >= 4 is 50.5 Å². The Morgan fingerprint density at radius 2 is 1.71 bits per heavy atom. The van der Waals surface area contributed by atoms with E-state index < -0.39 is 10.0 Å². The molecule has 4 rings (SSSR count). The molecule has 6 nitrogen and oxygen atoms in total. The molecule has 0 unspecified atom stereocenters. The third-order valence-electron chi connectivity index (χ3n) is 5.12. The van der Waals surface area contributed by atoms with Gasteiger partial charge in [-0.15, -0.1) is 0 Å². The lowest BCUT2D eigenvalue weighted by atomic mass is 10.0. The van der Waals surface area contributed by atoms with Gasteiger partial charge in [-0.3, -0.25) is 4.79 Å². The molecule has 2 heterocycles. The molecule has 1 fully saturated rings. The van der Waals surface area contributed by atoms with E-state index in [0.29, 0.717) is 54.8 Å². The van der Waals surface area contributed by atoms with E-state index in [2.05, 4.69) is 5.32 Å². The van der Waals surface area contributed by atoms with Crippen LogP contribution in [0.25, 0.3) is 0 Å². The Morgan fingerprint density at radius 3 is 2.46 bits per heavy atom. The lowest BCUT2D eigenvalue weighted by Crippen LogP contribution is -2.48. The summed E-state index contributed by atoms with van der Waals surface area (Å²) in [5, 5.41) is 3.74. The average Bonchev–Trinajstić information content (AvgIpc) is 2.69. The number of nitrogens with one attached hydrogen (secondary N) is 1. The van der Waals surface area contributed by atoms with Gasteiger partial charge in [0.05, 0.1) is 20.6 Å². The fraction of sp³-hybridized carbons (Fsp3) is 0.316. The van der Waals surface area contributed by atoms with Gasteiger partial charge in [0.1, 0.15) is 0 Å². The van der Waals surface area contributed by atoms with Crippen LogP contribution in [0.4, 0.5) is 11.4 Å². The van der Waals surface area contributed by atoms with Crippen LogP contribution in [0.2, 0.25) is 10.0 Å². The number of hydrogen-bond acceptors (Lipinski definition) is 4. The van der Waals surface area contributed by atoms with E-state index in [9.17, 15) is 13.2 Å². The average molecular weight is 440 g/mol. The second-order valence-electron chi connectivity index (χ2n) is 6.83. The first-order chi connectivity index (χ1) is 13.4. The van der Waals surface area contributed by atoms with Crippen molar-refractivity contribution < 1.29 is 13.2 Å². The van der Waals surface area contributed by atoms with Crippen molar-refractivity contribution in [3.05, 3.63) is 52.0 Å². The maximum absolute atomic E-state index is 13.1. The molecule has 28 heavy (non-hydrogen) atoms. The van der Waals surface area contributed by atoms with Crippen LogP contribution in [0.15, 0.2) is 41.3 Å². The second kappa shape index (κ2) is 7.55. The molecule has 0 aromatic heterocycles. The minimum atomic E-state index is -3.60. The number of halogens is 2. The van der Waals surface area contributed by atoms with E-state index >= 15 is 0 Å². The molecule has 2 aliphatic heterocycles.